The number of benzene rings is 1. The summed E-state index contributed by atoms with van der Waals surface area (Å²) < 4.78 is 21.2. The fourth-order valence-corrected chi connectivity index (χ4v) is 4.00. The van der Waals surface area contributed by atoms with E-state index in [1.165, 1.54) is 12.1 Å². The lowest BCUT2D eigenvalue weighted by atomic mass is 9.90. The Morgan fingerprint density at radius 2 is 2.06 bits per heavy atom. The summed E-state index contributed by atoms with van der Waals surface area (Å²) >= 11 is 0. The van der Waals surface area contributed by atoms with Crippen LogP contribution in [0.1, 0.15) is 37.1 Å². The average Bonchev–Trinajstić information content (AvgIpc) is 3.06. The smallest absolute Gasteiger partial charge is 0.410 e. The highest BCUT2D eigenvalue weighted by Crippen LogP contribution is 2.31. The largest absolute Gasteiger partial charge is 0.481 e. The number of halogens is 1. The van der Waals surface area contributed by atoms with E-state index in [0.29, 0.717) is 26.1 Å². The number of aliphatic carboxylic acids is 1. The van der Waals surface area contributed by atoms with Crippen molar-refractivity contribution in [2.75, 3.05) is 13.2 Å². The van der Waals surface area contributed by atoms with Crippen LogP contribution in [0.25, 0.3) is 11.0 Å². The minimum Gasteiger partial charge on any atom is -0.481 e. The number of carboxylic acids is 1. The van der Waals surface area contributed by atoms with Crippen molar-refractivity contribution in [3.63, 3.8) is 0 Å². The monoisotopic (exact) mass is 439 g/mol. The summed E-state index contributed by atoms with van der Waals surface area (Å²) in [6, 6.07) is 10.4. The molecule has 0 saturated carbocycles. The molecule has 1 aliphatic rings. The van der Waals surface area contributed by atoms with E-state index in [0.717, 1.165) is 27.9 Å². The number of carbonyl (C=O) groups excluding carboxylic acids is 1. The van der Waals surface area contributed by atoms with Crippen LogP contribution in [0, 0.1) is 11.2 Å². The van der Waals surface area contributed by atoms with Gasteiger partial charge in [0.25, 0.3) is 0 Å². The molecule has 168 valence electrons. The van der Waals surface area contributed by atoms with Gasteiger partial charge in [0.15, 0.2) is 0 Å². The molecule has 0 fully saturated rings. The van der Waals surface area contributed by atoms with Gasteiger partial charge in [-0.3, -0.25) is 4.79 Å². The first-order valence-electron chi connectivity index (χ1n) is 10.6. The second kappa shape index (κ2) is 8.61. The molecule has 2 aromatic heterocycles. The van der Waals surface area contributed by atoms with E-state index in [-0.39, 0.29) is 18.8 Å². The standard InChI is InChI=1S/C24H26FN3O4/c1-24(2,22(29)30)9-12-32-23(31)27-11-8-18-19-7-4-10-26-21(19)28(20(18)15-27)14-16-5-3-6-17(25)13-16/h3-7,10,13H,8-9,11-12,14-15H2,1-2H3,(H,29,30). The Morgan fingerprint density at radius 3 is 2.81 bits per heavy atom. The molecular weight excluding hydrogens is 413 g/mol. The molecule has 1 aliphatic heterocycles. The Hall–Kier alpha value is -3.42. The zero-order valence-electron chi connectivity index (χ0n) is 18.2. The summed E-state index contributed by atoms with van der Waals surface area (Å²) in [5.74, 6) is -1.22. The molecular formula is C24H26FN3O4. The van der Waals surface area contributed by atoms with Crippen LogP contribution in [-0.2, 0) is 29.0 Å². The van der Waals surface area contributed by atoms with Crippen molar-refractivity contribution >= 4 is 23.1 Å². The molecule has 0 atom stereocenters. The van der Waals surface area contributed by atoms with Crippen LogP contribution in [0.15, 0.2) is 42.6 Å². The number of carbonyl (C=O) groups is 2. The van der Waals surface area contributed by atoms with Gasteiger partial charge < -0.3 is 19.3 Å². The first-order valence-corrected chi connectivity index (χ1v) is 10.6. The van der Waals surface area contributed by atoms with E-state index in [4.69, 9.17) is 4.74 Å². The molecule has 7 nitrogen and oxygen atoms in total. The predicted octanol–water partition coefficient (Wildman–Crippen LogP) is 4.22. The van der Waals surface area contributed by atoms with Crippen molar-refractivity contribution < 1.29 is 23.8 Å². The number of hydrogen-bond donors (Lipinski definition) is 1. The molecule has 0 unspecified atom stereocenters. The third-order valence-corrected chi connectivity index (χ3v) is 6.03. The number of amides is 1. The molecule has 3 heterocycles. The van der Waals surface area contributed by atoms with Gasteiger partial charge in [0.2, 0.25) is 0 Å². The quantitative estimate of drug-likeness (QED) is 0.622. The van der Waals surface area contributed by atoms with Crippen LogP contribution in [0.5, 0.6) is 0 Å². The van der Waals surface area contributed by atoms with Gasteiger partial charge in [0.05, 0.1) is 18.6 Å². The topological polar surface area (TPSA) is 84.7 Å². The maximum absolute atomic E-state index is 13.7. The third-order valence-electron chi connectivity index (χ3n) is 6.03. The molecule has 0 radical (unpaired) electrons. The number of fused-ring (bicyclic) bond motifs is 3. The highest BCUT2D eigenvalue weighted by molar-refractivity contribution is 5.83. The van der Waals surface area contributed by atoms with Gasteiger partial charge in [-0.2, -0.15) is 0 Å². The second-order valence-electron chi connectivity index (χ2n) is 8.74. The molecule has 1 N–H and O–H groups in total. The van der Waals surface area contributed by atoms with Gasteiger partial charge in [-0.15, -0.1) is 0 Å². The Balaban J connectivity index is 1.55. The maximum atomic E-state index is 13.7. The Bertz CT molecular complexity index is 1170. The highest BCUT2D eigenvalue weighted by Gasteiger charge is 2.30. The van der Waals surface area contributed by atoms with Crippen molar-refractivity contribution in [2.24, 2.45) is 5.41 Å². The summed E-state index contributed by atoms with van der Waals surface area (Å²) in [6.45, 7) is 4.54. The van der Waals surface area contributed by atoms with Crippen molar-refractivity contribution in [1.82, 2.24) is 14.5 Å². The Labute approximate surface area is 185 Å². The molecule has 1 aromatic carbocycles. The molecule has 1 amide bonds. The number of rotatable bonds is 6. The van der Waals surface area contributed by atoms with Gasteiger partial charge in [-0.1, -0.05) is 12.1 Å². The summed E-state index contributed by atoms with van der Waals surface area (Å²) in [4.78, 5) is 30.1. The number of carboxylic acid groups (broad SMARTS) is 1. The normalized spacial score (nSPS) is 13.8. The molecule has 8 heteroatoms. The fourth-order valence-electron chi connectivity index (χ4n) is 4.00. The Morgan fingerprint density at radius 1 is 1.25 bits per heavy atom. The van der Waals surface area contributed by atoms with Crippen LogP contribution in [0.2, 0.25) is 0 Å². The van der Waals surface area contributed by atoms with Crippen molar-refractivity contribution in [3.8, 4) is 0 Å². The van der Waals surface area contributed by atoms with Gasteiger partial charge >= 0.3 is 12.1 Å². The van der Waals surface area contributed by atoms with E-state index in [1.807, 2.05) is 22.8 Å². The molecule has 32 heavy (non-hydrogen) atoms. The van der Waals surface area contributed by atoms with Crippen molar-refractivity contribution in [3.05, 3.63) is 65.2 Å². The highest BCUT2D eigenvalue weighted by atomic mass is 19.1. The van der Waals surface area contributed by atoms with Gasteiger partial charge in [0, 0.05) is 30.4 Å². The lowest BCUT2D eigenvalue weighted by Gasteiger charge is -2.28. The average molecular weight is 439 g/mol. The van der Waals surface area contributed by atoms with Crippen LogP contribution < -0.4 is 0 Å². The van der Waals surface area contributed by atoms with E-state index in [1.54, 1.807) is 31.0 Å². The summed E-state index contributed by atoms with van der Waals surface area (Å²) in [5.41, 5.74) is 2.75. The van der Waals surface area contributed by atoms with Crippen LogP contribution >= 0.6 is 0 Å². The van der Waals surface area contributed by atoms with Gasteiger partial charge in [-0.25, -0.2) is 14.2 Å². The first-order chi connectivity index (χ1) is 15.3. The molecule has 4 rings (SSSR count). The zero-order valence-corrected chi connectivity index (χ0v) is 18.2. The minimum absolute atomic E-state index is 0.0370. The Kier molecular flexibility index (Phi) is 5.86. The van der Waals surface area contributed by atoms with Crippen LogP contribution in [0.4, 0.5) is 9.18 Å². The van der Waals surface area contributed by atoms with Crippen molar-refractivity contribution in [2.45, 2.75) is 39.8 Å². The molecule has 0 aliphatic carbocycles. The van der Waals surface area contributed by atoms with E-state index >= 15 is 0 Å². The number of ether oxygens (including phenoxy) is 1. The van der Waals surface area contributed by atoms with E-state index < -0.39 is 17.5 Å². The minimum atomic E-state index is -0.960. The molecule has 0 bridgehead atoms. The number of aromatic nitrogens is 2. The predicted molar refractivity (Wildman–Crippen MR) is 117 cm³/mol. The third kappa shape index (κ3) is 4.30. The first kappa shape index (κ1) is 21.8. The lowest BCUT2D eigenvalue weighted by Crippen LogP contribution is -2.37. The van der Waals surface area contributed by atoms with E-state index in [2.05, 4.69) is 4.98 Å². The summed E-state index contributed by atoms with van der Waals surface area (Å²) in [7, 11) is 0. The summed E-state index contributed by atoms with van der Waals surface area (Å²) in [6.07, 6.45) is 2.15. The lowest BCUT2D eigenvalue weighted by molar-refractivity contribution is -0.147. The van der Waals surface area contributed by atoms with Crippen LogP contribution in [0.3, 0.4) is 0 Å². The number of pyridine rings is 1. The van der Waals surface area contributed by atoms with Gasteiger partial charge in [-0.05, 0) is 62.1 Å². The second-order valence-corrected chi connectivity index (χ2v) is 8.74. The fraction of sp³-hybridized carbons (Fsp3) is 0.375. The molecule has 0 saturated heterocycles. The summed E-state index contributed by atoms with van der Waals surface area (Å²) in [5, 5.41) is 10.3. The maximum Gasteiger partial charge on any atom is 0.410 e. The molecule has 0 spiro atoms. The number of hydrogen-bond acceptors (Lipinski definition) is 4. The van der Waals surface area contributed by atoms with Crippen LogP contribution in [-0.4, -0.2) is 44.8 Å². The van der Waals surface area contributed by atoms with E-state index in [9.17, 15) is 19.1 Å². The molecule has 3 aromatic rings. The van der Waals surface area contributed by atoms with Gasteiger partial charge in [0.1, 0.15) is 11.5 Å². The SMILES string of the molecule is CC(C)(CCOC(=O)N1CCc2c(n(Cc3cccc(F)c3)c3ncccc23)C1)C(=O)O. The zero-order chi connectivity index (χ0) is 22.9. The number of nitrogens with zero attached hydrogens (tertiary/aromatic N) is 3. The van der Waals surface area contributed by atoms with Crippen molar-refractivity contribution in [1.29, 1.82) is 0 Å².